The number of β-amino-alcohol motifs (C(OH)–C–C–N with tert-alkyl or cyclic N) is 1. The van der Waals surface area contributed by atoms with Gasteiger partial charge >= 0.3 is 0 Å². The number of carbonyl (C=O) groups is 4. The molecule has 0 saturated carbocycles. The first kappa shape index (κ1) is 50.7. The number of likely N-dealkylation sites (tertiary alicyclic amines) is 1. The molecule has 0 bridgehead atoms. The fourth-order valence-corrected chi connectivity index (χ4v) is 9.69. The molecule has 6 aromatic rings. The largest absolute Gasteiger partial charge is 0.486 e. The van der Waals surface area contributed by atoms with Crippen LogP contribution in [0.25, 0.3) is 33.5 Å². The number of aromatic amines is 1. The molecule has 69 heavy (non-hydrogen) atoms. The maximum Gasteiger partial charge on any atom is 0.246 e. The monoisotopic (exact) mass is 996 g/mol. The van der Waals surface area contributed by atoms with Gasteiger partial charge < -0.3 is 30.7 Å². The number of nitrogens with one attached hydrogen (secondary N) is 4. The van der Waals surface area contributed by atoms with Gasteiger partial charge in [0, 0.05) is 74.0 Å². The average molecular weight is 998 g/mol. The molecule has 4 amide bonds. The Labute approximate surface area is 415 Å². The number of fused-ring (bicyclic) bond motifs is 1. The highest BCUT2D eigenvalue weighted by Crippen LogP contribution is 2.34. The van der Waals surface area contributed by atoms with Crippen LogP contribution in [0.4, 0.5) is 0 Å². The summed E-state index contributed by atoms with van der Waals surface area (Å²) in [5.74, 6) is -0.527. The molecule has 16 nitrogen and oxygen atoms in total. The van der Waals surface area contributed by atoms with E-state index in [1.54, 1.807) is 22.2 Å². The summed E-state index contributed by atoms with van der Waals surface area (Å²) in [4.78, 5) is 64.1. The number of unbranched alkanes of at least 4 members (excludes halogenated alkanes) is 2. The van der Waals surface area contributed by atoms with Crippen molar-refractivity contribution >= 4 is 81.2 Å². The number of thiazole rings is 1. The van der Waals surface area contributed by atoms with E-state index in [4.69, 9.17) is 27.9 Å². The number of amides is 4. The Bertz CT molecular complexity index is 2760. The zero-order valence-electron chi connectivity index (χ0n) is 39.3. The molecule has 5 N–H and O–H groups in total. The van der Waals surface area contributed by atoms with Crippen molar-refractivity contribution in [1.82, 2.24) is 50.8 Å². The lowest BCUT2D eigenvalue weighted by molar-refractivity contribution is -0.144. The Kier molecular flexibility index (Phi) is 16.9. The smallest absolute Gasteiger partial charge is 0.246 e. The molecule has 0 aliphatic carbocycles. The Balaban J connectivity index is 0.804. The van der Waals surface area contributed by atoms with Gasteiger partial charge in [0.05, 0.1) is 56.2 Å². The van der Waals surface area contributed by atoms with Gasteiger partial charge in [0.15, 0.2) is 0 Å². The summed E-state index contributed by atoms with van der Waals surface area (Å²) in [7, 11) is 0. The minimum atomic E-state index is -0.915. The SMILES string of the molecule is Cc1ncsc1-c1ccc(CNC(=O)[C@@H]2C[C@@H](O)CN2C(=O)[C@@H](NC(=O)CCCCCC(=O)NCCn2cc(/C=C/c3n[nH]c4ccc(O[C@H](C)c5c(Cl)cncc5Cl)cc34)cn2)C(C)(C)C)cc1. The number of aryl methyl sites for hydroxylation is 1. The molecule has 0 spiro atoms. The van der Waals surface area contributed by atoms with Crippen LogP contribution in [-0.2, 0) is 32.3 Å². The summed E-state index contributed by atoms with van der Waals surface area (Å²) in [6.07, 6.45) is 11.6. The summed E-state index contributed by atoms with van der Waals surface area (Å²) in [5, 5.41) is 33.0. The van der Waals surface area contributed by atoms with Crippen molar-refractivity contribution in [2.24, 2.45) is 5.41 Å². The summed E-state index contributed by atoms with van der Waals surface area (Å²) in [6.45, 7) is 10.5. The standard InChI is InChI=1S/C50H58Cl2N10O6S/c1-30-46(69-29-56-30)34-14-11-32(12-15-34)23-55-48(66)42-21-35(63)28-62(42)49(67)47(50(3,4)5)58-44(65)10-8-6-7-9-43(64)54-19-20-61-27-33(24-57-61)13-17-40-37-22-36(16-18-41(37)60-59-40)68-31(2)45-38(51)25-53-26-39(45)52/h11-18,22,24-27,29,31,35,42,47,63H,6-10,19-21,23,28H2,1-5H3,(H,54,64)(H,55,66)(H,58,65)(H,59,60)/b17-13+/t31-,35-,42+,47-/m1/s1. The molecule has 1 saturated heterocycles. The molecule has 5 heterocycles. The molecule has 1 aliphatic heterocycles. The maximum atomic E-state index is 14.0. The lowest BCUT2D eigenvalue weighted by Gasteiger charge is -2.35. The number of aromatic nitrogens is 6. The lowest BCUT2D eigenvalue weighted by Crippen LogP contribution is -2.57. The molecule has 7 rings (SSSR count). The van der Waals surface area contributed by atoms with Crippen LogP contribution in [0.5, 0.6) is 5.75 Å². The molecular formula is C50H58Cl2N10O6S. The number of hydrogen-bond donors (Lipinski definition) is 5. The number of carbonyl (C=O) groups excluding carboxylic acids is 4. The van der Waals surface area contributed by atoms with E-state index in [9.17, 15) is 24.3 Å². The van der Waals surface area contributed by atoms with Crippen LogP contribution in [0.1, 0.15) is 100 Å². The van der Waals surface area contributed by atoms with Crippen LogP contribution in [0, 0.1) is 12.3 Å². The third-order valence-electron chi connectivity index (χ3n) is 11.9. The van der Waals surface area contributed by atoms with E-state index in [-0.39, 0.29) is 43.7 Å². The van der Waals surface area contributed by atoms with Gasteiger partial charge in [-0.25, -0.2) is 4.98 Å². The van der Waals surface area contributed by atoms with Gasteiger partial charge in [0.2, 0.25) is 23.6 Å². The van der Waals surface area contributed by atoms with Crippen molar-refractivity contribution in [3.8, 4) is 16.2 Å². The molecule has 4 atom stereocenters. The van der Waals surface area contributed by atoms with Crippen molar-refractivity contribution in [2.45, 2.75) is 111 Å². The quantitative estimate of drug-likeness (QED) is 0.0465. The van der Waals surface area contributed by atoms with Crippen molar-refractivity contribution in [3.63, 3.8) is 0 Å². The van der Waals surface area contributed by atoms with Crippen molar-refractivity contribution in [2.75, 3.05) is 13.1 Å². The maximum absolute atomic E-state index is 14.0. The highest BCUT2D eigenvalue weighted by Gasteiger charge is 2.44. The second kappa shape index (κ2) is 23.0. The number of rotatable bonds is 20. The Morgan fingerprint density at radius 3 is 2.43 bits per heavy atom. The topological polar surface area (TPSA) is 209 Å². The summed E-state index contributed by atoms with van der Waals surface area (Å²) in [6, 6.07) is 11.7. The predicted octanol–water partition coefficient (Wildman–Crippen LogP) is 8.08. The number of H-pyrrole nitrogens is 1. The highest BCUT2D eigenvalue weighted by molar-refractivity contribution is 7.13. The first-order valence-corrected chi connectivity index (χ1v) is 24.6. The minimum absolute atomic E-state index is 0.00378. The summed E-state index contributed by atoms with van der Waals surface area (Å²) < 4.78 is 7.94. The second-order valence-electron chi connectivity index (χ2n) is 18.3. The van der Waals surface area contributed by atoms with Gasteiger partial charge in [0.1, 0.15) is 23.9 Å². The Morgan fingerprint density at radius 1 is 0.986 bits per heavy atom. The molecule has 1 fully saturated rings. The number of hydrogen-bond acceptors (Lipinski definition) is 11. The van der Waals surface area contributed by atoms with Crippen molar-refractivity contribution in [3.05, 3.63) is 111 Å². The van der Waals surface area contributed by atoms with Gasteiger partial charge in [-0.2, -0.15) is 10.2 Å². The van der Waals surface area contributed by atoms with Crippen LogP contribution in [0.2, 0.25) is 10.0 Å². The number of benzene rings is 2. The van der Waals surface area contributed by atoms with Crippen LogP contribution in [0.3, 0.4) is 0 Å². The van der Waals surface area contributed by atoms with E-state index in [1.165, 1.54) is 17.3 Å². The molecule has 1 aliphatic rings. The Morgan fingerprint density at radius 2 is 1.72 bits per heavy atom. The van der Waals surface area contributed by atoms with E-state index in [0.29, 0.717) is 60.1 Å². The van der Waals surface area contributed by atoms with E-state index < -0.39 is 35.6 Å². The lowest BCUT2D eigenvalue weighted by atomic mass is 9.85. The third-order valence-corrected chi connectivity index (χ3v) is 13.5. The van der Waals surface area contributed by atoms with Crippen molar-refractivity contribution in [1.29, 1.82) is 0 Å². The number of halogens is 2. The van der Waals surface area contributed by atoms with Crippen LogP contribution >= 0.6 is 34.5 Å². The first-order valence-electron chi connectivity index (χ1n) is 23.0. The molecule has 0 radical (unpaired) electrons. The molecule has 2 aromatic carbocycles. The molecule has 19 heteroatoms. The Hall–Kier alpha value is -6.14. The number of nitrogens with zero attached hydrogens (tertiary/aromatic N) is 6. The fourth-order valence-electron chi connectivity index (χ4n) is 8.21. The van der Waals surface area contributed by atoms with Crippen LogP contribution in [0.15, 0.2) is 72.8 Å². The number of ether oxygens (including phenoxy) is 1. The second-order valence-corrected chi connectivity index (χ2v) is 20.0. The average Bonchev–Trinajstić information content (AvgIpc) is 4.13. The van der Waals surface area contributed by atoms with Gasteiger partial charge in [-0.05, 0) is 73.6 Å². The zero-order chi connectivity index (χ0) is 49.2. The number of aliphatic hydroxyl groups excluding tert-OH is 1. The number of pyridine rings is 1. The molecule has 364 valence electrons. The van der Waals surface area contributed by atoms with E-state index in [2.05, 4.69) is 41.2 Å². The van der Waals surface area contributed by atoms with E-state index >= 15 is 0 Å². The third kappa shape index (κ3) is 13.3. The van der Waals surface area contributed by atoms with Crippen molar-refractivity contribution < 1.29 is 29.0 Å². The van der Waals surface area contributed by atoms with Crippen LogP contribution in [-0.4, -0.2) is 94.9 Å². The summed E-state index contributed by atoms with van der Waals surface area (Å²) in [5.41, 5.74) is 7.14. The summed E-state index contributed by atoms with van der Waals surface area (Å²) >= 11 is 14.3. The molecule has 0 unspecified atom stereocenters. The van der Waals surface area contributed by atoms with Gasteiger partial charge in [-0.3, -0.25) is 33.9 Å². The van der Waals surface area contributed by atoms with Gasteiger partial charge in [-0.15, -0.1) is 11.3 Å². The minimum Gasteiger partial charge on any atom is -0.486 e. The van der Waals surface area contributed by atoms with Crippen LogP contribution < -0.4 is 20.7 Å². The fraction of sp³-hybridized carbons (Fsp3) is 0.400. The highest BCUT2D eigenvalue weighted by atomic mass is 35.5. The zero-order valence-corrected chi connectivity index (χ0v) is 41.6. The van der Waals surface area contributed by atoms with Gasteiger partial charge in [0.25, 0.3) is 0 Å². The van der Waals surface area contributed by atoms with E-state index in [1.807, 2.05) is 101 Å². The first-order chi connectivity index (χ1) is 33.0. The normalized spacial score (nSPS) is 15.9. The molecule has 4 aromatic heterocycles. The van der Waals surface area contributed by atoms with E-state index in [0.717, 1.165) is 43.9 Å². The number of aliphatic hydroxyl groups is 1. The molecular weight excluding hydrogens is 940 g/mol. The van der Waals surface area contributed by atoms with Gasteiger partial charge in [-0.1, -0.05) is 74.7 Å². The predicted molar refractivity (Wildman–Crippen MR) is 268 cm³/mol.